The molecule has 1 saturated heterocycles. The normalized spacial score (nSPS) is 17.8. The highest BCUT2D eigenvalue weighted by atomic mass is 35.5. The van der Waals surface area contributed by atoms with Crippen molar-refractivity contribution in [1.82, 2.24) is 5.32 Å². The number of amides is 1. The average molecular weight is 334 g/mol. The number of hydrogen-bond acceptors (Lipinski definition) is 3. The Balaban J connectivity index is 1.87. The Labute approximate surface area is 133 Å². The van der Waals surface area contributed by atoms with Crippen molar-refractivity contribution in [1.29, 1.82) is 0 Å². The van der Waals surface area contributed by atoms with Gasteiger partial charge in [-0.1, -0.05) is 23.2 Å². The first-order chi connectivity index (χ1) is 9.48. The molecule has 0 atom stereocenters. The molecule has 2 rings (SSSR count). The third-order valence-electron chi connectivity index (χ3n) is 3.40. The van der Waals surface area contributed by atoms with Gasteiger partial charge in [-0.15, -0.1) is 0 Å². The highest BCUT2D eigenvalue weighted by molar-refractivity contribution is 7.99. The van der Waals surface area contributed by atoms with Gasteiger partial charge in [0.1, 0.15) is 0 Å². The Kier molecular flexibility index (Phi) is 5.61. The van der Waals surface area contributed by atoms with Crippen molar-refractivity contribution in [3.8, 4) is 0 Å². The molecule has 0 spiro atoms. The fourth-order valence-corrected chi connectivity index (χ4v) is 3.74. The first-order valence-electron chi connectivity index (χ1n) is 6.49. The lowest BCUT2D eigenvalue weighted by Gasteiger charge is -2.31. The van der Waals surface area contributed by atoms with Crippen LogP contribution in [0.25, 0.3) is 0 Å². The van der Waals surface area contributed by atoms with E-state index in [1.54, 1.807) is 18.2 Å². The van der Waals surface area contributed by atoms with E-state index in [0.717, 1.165) is 24.3 Å². The molecule has 1 aromatic rings. The fraction of sp³-hybridized carbons (Fsp3) is 0.500. The molecule has 20 heavy (non-hydrogen) atoms. The average Bonchev–Trinajstić information content (AvgIpc) is 2.42. The van der Waals surface area contributed by atoms with Crippen molar-refractivity contribution < 1.29 is 9.90 Å². The van der Waals surface area contributed by atoms with E-state index >= 15 is 0 Å². The molecule has 1 aromatic carbocycles. The van der Waals surface area contributed by atoms with Crippen LogP contribution in [-0.4, -0.2) is 34.7 Å². The largest absolute Gasteiger partial charge is 0.388 e. The Morgan fingerprint density at radius 2 is 2.05 bits per heavy atom. The number of hydrogen-bond donors (Lipinski definition) is 2. The lowest BCUT2D eigenvalue weighted by molar-refractivity contribution is -0.121. The number of aliphatic hydroxyl groups is 1. The molecule has 1 heterocycles. The van der Waals surface area contributed by atoms with Gasteiger partial charge in [0.2, 0.25) is 5.91 Å². The molecule has 2 N–H and O–H groups in total. The van der Waals surface area contributed by atoms with Gasteiger partial charge in [-0.2, -0.15) is 11.8 Å². The van der Waals surface area contributed by atoms with Crippen LogP contribution in [0.4, 0.5) is 0 Å². The smallest absolute Gasteiger partial charge is 0.224 e. The van der Waals surface area contributed by atoms with E-state index in [1.807, 2.05) is 11.8 Å². The maximum Gasteiger partial charge on any atom is 0.224 e. The molecule has 0 saturated carbocycles. The van der Waals surface area contributed by atoms with Crippen molar-refractivity contribution in [2.75, 3.05) is 18.1 Å². The predicted molar refractivity (Wildman–Crippen MR) is 84.7 cm³/mol. The molecule has 1 aliphatic heterocycles. The molecule has 1 aliphatic rings. The van der Waals surface area contributed by atoms with Crippen molar-refractivity contribution >= 4 is 40.9 Å². The van der Waals surface area contributed by atoms with Crippen molar-refractivity contribution in [3.05, 3.63) is 33.8 Å². The topological polar surface area (TPSA) is 49.3 Å². The van der Waals surface area contributed by atoms with Crippen LogP contribution >= 0.6 is 35.0 Å². The van der Waals surface area contributed by atoms with E-state index in [1.165, 1.54) is 0 Å². The van der Waals surface area contributed by atoms with E-state index < -0.39 is 5.60 Å². The standard InChI is InChI=1S/C14H17Cl2NO2S/c15-11-1-2-12(16)10(7-11)8-13(18)17-9-14(19)3-5-20-6-4-14/h1-2,7,19H,3-6,8-9H2,(H,17,18). The quantitative estimate of drug-likeness (QED) is 0.890. The number of halogens is 2. The molecule has 0 aliphatic carbocycles. The van der Waals surface area contributed by atoms with Gasteiger partial charge in [-0.05, 0) is 48.1 Å². The second kappa shape index (κ2) is 7.03. The van der Waals surface area contributed by atoms with E-state index in [9.17, 15) is 9.90 Å². The molecule has 110 valence electrons. The van der Waals surface area contributed by atoms with Gasteiger partial charge < -0.3 is 10.4 Å². The minimum atomic E-state index is -0.765. The Bertz CT molecular complexity index is 490. The van der Waals surface area contributed by atoms with Crippen molar-refractivity contribution in [2.45, 2.75) is 24.9 Å². The van der Waals surface area contributed by atoms with E-state index in [4.69, 9.17) is 23.2 Å². The highest BCUT2D eigenvalue weighted by Gasteiger charge is 2.29. The molecule has 1 fully saturated rings. The van der Waals surface area contributed by atoms with Crippen LogP contribution in [-0.2, 0) is 11.2 Å². The first-order valence-corrected chi connectivity index (χ1v) is 8.40. The van der Waals surface area contributed by atoms with Gasteiger partial charge in [-0.3, -0.25) is 4.79 Å². The van der Waals surface area contributed by atoms with Crippen LogP contribution in [0, 0.1) is 0 Å². The van der Waals surface area contributed by atoms with Gasteiger partial charge in [0.15, 0.2) is 0 Å². The third kappa shape index (κ3) is 4.55. The molecular weight excluding hydrogens is 317 g/mol. The summed E-state index contributed by atoms with van der Waals surface area (Å²) in [6.07, 6.45) is 1.61. The minimum absolute atomic E-state index is 0.152. The van der Waals surface area contributed by atoms with Crippen LogP contribution in [0.1, 0.15) is 18.4 Å². The summed E-state index contributed by atoms with van der Waals surface area (Å²) < 4.78 is 0. The molecule has 3 nitrogen and oxygen atoms in total. The summed E-state index contributed by atoms with van der Waals surface area (Å²) in [4.78, 5) is 11.9. The lowest BCUT2D eigenvalue weighted by atomic mass is 9.97. The summed E-state index contributed by atoms with van der Waals surface area (Å²) >= 11 is 13.7. The van der Waals surface area contributed by atoms with Crippen LogP contribution in [0.5, 0.6) is 0 Å². The van der Waals surface area contributed by atoms with Gasteiger partial charge in [0.25, 0.3) is 0 Å². The van der Waals surface area contributed by atoms with Crippen LogP contribution < -0.4 is 5.32 Å². The molecule has 0 unspecified atom stereocenters. The van der Waals surface area contributed by atoms with Gasteiger partial charge in [0.05, 0.1) is 12.0 Å². The second-order valence-electron chi connectivity index (χ2n) is 5.03. The molecule has 1 amide bonds. The number of carbonyl (C=O) groups is 1. The lowest BCUT2D eigenvalue weighted by Crippen LogP contribution is -2.45. The monoisotopic (exact) mass is 333 g/mol. The Hall–Kier alpha value is -0.420. The zero-order chi connectivity index (χ0) is 14.6. The van der Waals surface area contributed by atoms with Gasteiger partial charge >= 0.3 is 0 Å². The highest BCUT2D eigenvalue weighted by Crippen LogP contribution is 2.26. The zero-order valence-corrected chi connectivity index (χ0v) is 13.3. The molecule has 0 radical (unpaired) electrons. The maximum absolute atomic E-state index is 11.9. The van der Waals surface area contributed by atoms with Crippen molar-refractivity contribution in [2.24, 2.45) is 0 Å². The third-order valence-corrected chi connectivity index (χ3v) is 4.99. The summed E-state index contributed by atoms with van der Waals surface area (Å²) in [5, 5.41) is 14.2. The van der Waals surface area contributed by atoms with Crippen LogP contribution in [0.3, 0.4) is 0 Å². The summed E-state index contributed by atoms with van der Waals surface area (Å²) in [5.41, 5.74) is -0.0678. The molecule has 6 heteroatoms. The van der Waals surface area contributed by atoms with Gasteiger partial charge in [-0.25, -0.2) is 0 Å². The summed E-state index contributed by atoms with van der Waals surface area (Å²) in [6.45, 7) is 0.296. The van der Waals surface area contributed by atoms with E-state index in [0.29, 0.717) is 22.2 Å². The number of benzene rings is 1. The summed E-state index contributed by atoms with van der Waals surface area (Å²) in [7, 11) is 0. The Morgan fingerprint density at radius 1 is 1.35 bits per heavy atom. The van der Waals surface area contributed by atoms with E-state index in [-0.39, 0.29) is 12.3 Å². The zero-order valence-electron chi connectivity index (χ0n) is 11.0. The molecule has 0 aromatic heterocycles. The molecule has 0 bridgehead atoms. The predicted octanol–water partition coefficient (Wildman–Crippen LogP) is 2.91. The van der Waals surface area contributed by atoms with E-state index in [2.05, 4.69) is 5.32 Å². The summed E-state index contributed by atoms with van der Waals surface area (Å²) in [6, 6.07) is 5.06. The van der Waals surface area contributed by atoms with Crippen LogP contribution in [0.15, 0.2) is 18.2 Å². The number of carbonyl (C=O) groups excluding carboxylic acids is 1. The minimum Gasteiger partial charge on any atom is -0.388 e. The Morgan fingerprint density at radius 3 is 2.75 bits per heavy atom. The summed E-state index contributed by atoms with van der Waals surface area (Å²) in [5.74, 6) is 1.72. The molecular formula is C14H17Cl2NO2S. The van der Waals surface area contributed by atoms with Crippen molar-refractivity contribution in [3.63, 3.8) is 0 Å². The second-order valence-corrected chi connectivity index (χ2v) is 7.09. The maximum atomic E-state index is 11.9. The van der Waals surface area contributed by atoms with Gasteiger partial charge in [0, 0.05) is 16.6 Å². The number of rotatable bonds is 4. The number of thioether (sulfide) groups is 1. The fourth-order valence-electron chi connectivity index (χ4n) is 2.11. The number of nitrogens with one attached hydrogen (secondary N) is 1. The van der Waals surface area contributed by atoms with Crippen LogP contribution in [0.2, 0.25) is 10.0 Å². The SMILES string of the molecule is O=C(Cc1cc(Cl)ccc1Cl)NCC1(O)CCSCC1. The first kappa shape index (κ1) is 16.0.